The highest BCUT2D eigenvalue weighted by molar-refractivity contribution is 7.89. The number of hydrogen-bond donors (Lipinski definition) is 1. The van der Waals surface area contributed by atoms with Crippen LogP contribution < -0.4 is 5.32 Å². The number of benzene rings is 1. The fourth-order valence-electron chi connectivity index (χ4n) is 2.61. The van der Waals surface area contributed by atoms with Gasteiger partial charge in [0, 0.05) is 19.1 Å². The summed E-state index contributed by atoms with van der Waals surface area (Å²) in [6.07, 6.45) is 1.82. The topological polar surface area (TPSA) is 49.4 Å². The van der Waals surface area contributed by atoms with Crippen LogP contribution in [0.4, 0.5) is 4.39 Å². The van der Waals surface area contributed by atoms with Gasteiger partial charge in [0.1, 0.15) is 10.7 Å². The highest BCUT2D eigenvalue weighted by Gasteiger charge is 2.31. The molecule has 4 nitrogen and oxygen atoms in total. The van der Waals surface area contributed by atoms with E-state index >= 15 is 0 Å². The van der Waals surface area contributed by atoms with Crippen molar-refractivity contribution in [1.29, 1.82) is 0 Å². The van der Waals surface area contributed by atoms with Crippen molar-refractivity contribution in [2.45, 2.75) is 37.6 Å². The van der Waals surface area contributed by atoms with Crippen LogP contribution in [0.1, 0.15) is 26.7 Å². The van der Waals surface area contributed by atoms with Gasteiger partial charge in [0.15, 0.2) is 0 Å². The smallest absolute Gasteiger partial charge is 0.245 e. The molecule has 1 heterocycles. The molecule has 6 heteroatoms. The molecule has 1 unspecified atom stereocenters. The fraction of sp³-hybridized carbons (Fsp3) is 0.600. The Balaban J connectivity index is 2.11. The van der Waals surface area contributed by atoms with Crippen molar-refractivity contribution in [1.82, 2.24) is 9.62 Å². The molecular formula is C15H23FN2O2S. The monoisotopic (exact) mass is 314 g/mol. The van der Waals surface area contributed by atoms with Crippen molar-refractivity contribution < 1.29 is 12.8 Å². The first-order valence-corrected chi connectivity index (χ1v) is 8.83. The van der Waals surface area contributed by atoms with E-state index in [0.717, 1.165) is 19.4 Å². The molecule has 0 radical (unpaired) electrons. The van der Waals surface area contributed by atoms with Crippen LogP contribution in [0.25, 0.3) is 0 Å². The number of nitrogens with zero attached hydrogens (tertiary/aromatic N) is 1. The Morgan fingerprint density at radius 1 is 1.38 bits per heavy atom. The van der Waals surface area contributed by atoms with Crippen molar-refractivity contribution in [3.63, 3.8) is 0 Å². The Morgan fingerprint density at radius 2 is 2.10 bits per heavy atom. The predicted molar refractivity (Wildman–Crippen MR) is 81.0 cm³/mol. The van der Waals surface area contributed by atoms with Gasteiger partial charge in [0.25, 0.3) is 0 Å². The maximum absolute atomic E-state index is 13.8. The van der Waals surface area contributed by atoms with E-state index in [2.05, 4.69) is 19.2 Å². The molecule has 0 bridgehead atoms. The summed E-state index contributed by atoms with van der Waals surface area (Å²) in [6.45, 7) is 5.85. The van der Waals surface area contributed by atoms with Crippen molar-refractivity contribution in [2.75, 3.05) is 19.6 Å². The molecule has 1 fully saturated rings. The third kappa shape index (κ3) is 4.02. The molecule has 1 aromatic carbocycles. The average Bonchev–Trinajstić information content (AvgIpc) is 2.45. The van der Waals surface area contributed by atoms with E-state index < -0.39 is 15.8 Å². The van der Waals surface area contributed by atoms with E-state index in [4.69, 9.17) is 0 Å². The van der Waals surface area contributed by atoms with Crippen LogP contribution in [-0.4, -0.2) is 38.4 Å². The standard InChI is InChI=1S/C15H23FN2O2S/c1-12(2)17-10-13-6-5-9-18(11-13)21(19,20)15-8-4-3-7-14(15)16/h3-4,7-8,12-13,17H,5-6,9-11H2,1-2H3. The first-order chi connectivity index (χ1) is 9.91. The van der Waals surface area contributed by atoms with E-state index in [1.54, 1.807) is 6.07 Å². The number of piperidine rings is 1. The zero-order valence-electron chi connectivity index (χ0n) is 12.5. The van der Waals surface area contributed by atoms with Gasteiger partial charge in [-0.2, -0.15) is 4.31 Å². The van der Waals surface area contributed by atoms with Crippen LogP contribution in [0.2, 0.25) is 0 Å². The number of rotatable bonds is 5. The summed E-state index contributed by atoms with van der Waals surface area (Å²) in [7, 11) is -3.73. The SMILES string of the molecule is CC(C)NCC1CCCN(S(=O)(=O)c2ccccc2F)C1. The molecule has 0 amide bonds. The highest BCUT2D eigenvalue weighted by atomic mass is 32.2. The minimum absolute atomic E-state index is 0.220. The lowest BCUT2D eigenvalue weighted by Gasteiger charge is -2.32. The summed E-state index contributed by atoms with van der Waals surface area (Å²) in [5, 5.41) is 3.34. The van der Waals surface area contributed by atoms with E-state index in [-0.39, 0.29) is 10.8 Å². The average molecular weight is 314 g/mol. The van der Waals surface area contributed by atoms with Crippen LogP contribution >= 0.6 is 0 Å². The summed E-state index contributed by atoms with van der Waals surface area (Å²) in [4.78, 5) is -0.220. The maximum atomic E-state index is 13.8. The molecule has 1 aliphatic heterocycles. The summed E-state index contributed by atoms with van der Waals surface area (Å²) < 4.78 is 40.3. The molecule has 1 N–H and O–H groups in total. The largest absolute Gasteiger partial charge is 0.314 e. The van der Waals surface area contributed by atoms with E-state index in [1.807, 2.05) is 0 Å². The zero-order chi connectivity index (χ0) is 15.5. The van der Waals surface area contributed by atoms with Crippen LogP contribution in [0, 0.1) is 11.7 Å². The van der Waals surface area contributed by atoms with Gasteiger partial charge < -0.3 is 5.32 Å². The van der Waals surface area contributed by atoms with E-state index in [1.165, 1.54) is 22.5 Å². The van der Waals surface area contributed by atoms with Gasteiger partial charge in [-0.05, 0) is 37.4 Å². The van der Waals surface area contributed by atoms with E-state index in [9.17, 15) is 12.8 Å². The number of sulfonamides is 1. The fourth-order valence-corrected chi connectivity index (χ4v) is 4.23. The molecule has 0 spiro atoms. The molecule has 2 rings (SSSR count). The molecule has 1 aliphatic rings. The maximum Gasteiger partial charge on any atom is 0.245 e. The van der Waals surface area contributed by atoms with Crippen molar-refractivity contribution in [3.8, 4) is 0 Å². The Kier molecular flexibility index (Phi) is 5.35. The Hall–Kier alpha value is -0.980. The van der Waals surface area contributed by atoms with Crippen LogP contribution in [0.3, 0.4) is 0 Å². The minimum Gasteiger partial charge on any atom is -0.314 e. The third-order valence-electron chi connectivity index (χ3n) is 3.75. The molecule has 1 saturated heterocycles. The van der Waals surface area contributed by atoms with Gasteiger partial charge in [0.2, 0.25) is 10.0 Å². The first kappa shape index (κ1) is 16.4. The zero-order valence-corrected chi connectivity index (χ0v) is 13.4. The summed E-state index contributed by atoms with van der Waals surface area (Å²) >= 11 is 0. The van der Waals surface area contributed by atoms with Crippen molar-refractivity contribution >= 4 is 10.0 Å². The number of halogens is 1. The lowest BCUT2D eigenvalue weighted by atomic mass is 9.99. The molecule has 21 heavy (non-hydrogen) atoms. The second kappa shape index (κ2) is 6.85. The lowest BCUT2D eigenvalue weighted by molar-refractivity contribution is 0.256. The predicted octanol–water partition coefficient (Wildman–Crippen LogP) is 2.22. The van der Waals surface area contributed by atoms with Gasteiger partial charge in [-0.15, -0.1) is 0 Å². The molecular weight excluding hydrogens is 291 g/mol. The Morgan fingerprint density at radius 3 is 2.76 bits per heavy atom. The van der Waals surface area contributed by atoms with Gasteiger partial charge in [-0.3, -0.25) is 0 Å². The summed E-state index contributed by atoms with van der Waals surface area (Å²) in [5.74, 6) is -0.400. The highest BCUT2D eigenvalue weighted by Crippen LogP contribution is 2.25. The second-order valence-electron chi connectivity index (χ2n) is 5.86. The quantitative estimate of drug-likeness (QED) is 0.906. The minimum atomic E-state index is -3.73. The van der Waals surface area contributed by atoms with Gasteiger partial charge in [0.05, 0.1) is 0 Å². The number of nitrogens with one attached hydrogen (secondary N) is 1. The van der Waals surface area contributed by atoms with Crippen molar-refractivity contribution in [3.05, 3.63) is 30.1 Å². The molecule has 0 aliphatic carbocycles. The van der Waals surface area contributed by atoms with Crippen LogP contribution in [0.15, 0.2) is 29.2 Å². The summed E-state index contributed by atoms with van der Waals surface area (Å²) in [6, 6.07) is 5.95. The molecule has 1 aromatic rings. The Bertz CT molecular complexity index is 575. The number of hydrogen-bond acceptors (Lipinski definition) is 3. The molecule has 0 saturated carbocycles. The Labute approximate surface area is 126 Å². The van der Waals surface area contributed by atoms with E-state index in [0.29, 0.717) is 19.1 Å². The molecule has 0 aromatic heterocycles. The van der Waals surface area contributed by atoms with Crippen molar-refractivity contribution in [2.24, 2.45) is 5.92 Å². The lowest BCUT2D eigenvalue weighted by Crippen LogP contribution is -2.43. The first-order valence-electron chi connectivity index (χ1n) is 7.39. The van der Waals surface area contributed by atoms with Crippen LogP contribution in [0.5, 0.6) is 0 Å². The molecule has 1 atom stereocenters. The molecule has 118 valence electrons. The second-order valence-corrected chi connectivity index (χ2v) is 7.77. The van der Waals surface area contributed by atoms with Gasteiger partial charge in [-0.25, -0.2) is 12.8 Å². The van der Waals surface area contributed by atoms with Gasteiger partial charge >= 0.3 is 0 Å². The third-order valence-corrected chi connectivity index (χ3v) is 5.65. The van der Waals surface area contributed by atoms with Gasteiger partial charge in [-0.1, -0.05) is 26.0 Å². The van der Waals surface area contributed by atoms with Crippen LogP contribution in [-0.2, 0) is 10.0 Å². The normalized spacial score (nSPS) is 20.9. The summed E-state index contributed by atoms with van der Waals surface area (Å²) in [5.41, 5.74) is 0.